The van der Waals surface area contributed by atoms with Crippen molar-refractivity contribution in [3.05, 3.63) is 109 Å². The lowest BCUT2D eigenvalue weighted by Crippen LogP contribution is -2.37. The van der Waals surface area contributed by atoms with Crippen molar-refractivity contribution >= 4 is 19.8 Å². The first-order valence-corrected chi connectivity index (χ1v) is 33.1. The highest BCUT2D eigenvalue weighted by atomic mass is 31.2. The summed E-state index contributed by atoms with van der Waals surface area (Å²) in [6, 6.07) is 0. The van der Waals surface area contributed by atoms with E-state index >= 15 is 0 Å². The fourth-order valence-corrected chi connectivity index (χ4v) is 9.23. The Balaban J connectivity index is 3.97. The molecule has 0 aliphatic rings. The molecular weight excluding hydrogens is 990 g/mol. The van der Waals surface area contributed by atoms with Gasteiger partial charge in [-0.3, -0.25) is 14.2 Å². The molecule has 0 aromatic rings. The van der Waals surface area contributed by atoms with Crippen molar-refractivity contribution in [1.82, 2.24) is 0 Å². The average molecular weight is 1110 g/mol. The molecule has 2 atom stereocenters. The molecule has 10 heteroatoms. The fourth-order valence-electron chi connectivity index (χ4n) is 8.50. The van der Waals surface area contributed by atoms with E-state index < -0.39 is 32.5 Å². The van der Waals surface area contributed by atoms with Crippen molar-refractivity contribution in [3.8, 4) is 0 Å². The maximum Gasteiger partial charge on any atom is 0.306 e. The summed E-state index contributed by atoms with van der Waals surface area (Å²) in [6.07, 6.45) is 81.7. The number of ether oxygens (including phenoxy) is 2. The van der Waals surface area contributed by atoms with Crippen LogP contribution in [0.1, 0.15) is 258 Å². The van der Waals surface area contributed by atoms with Crippen molar-refractivity contribution in [2.24, 2.45) is 0 Å². The fraction of sp³-hybridized carbons (Fsp3) is 0.706. The highest BCUT2D eigenvalue weighted by molar-refractivity contribution is 7.45. The minimum atomic E-state index is -4.64. The van der Waals surface area contributed by atoms with Crippen molar-refractivity contribution in [1.29, 1.82) is 0 Å². The number of rotatable bonds is 57. The Morgan fingerprint density at radius 3 is 1.03 bits per heavy atom. The number of hydrogen-bond acceptors (Lipinski definition) is 8. The number of unbranched alkanes of at least 4 members (excludes halogenated alkanes) is 25. The molecular formula is C68H118NO8P. The molecule has 0 N–H and O–H groups in total. The number of likely N-dealkylation sites (N-methyl/N-ethyl adjacent to an activating group) is 1. The van der Waals surface area contributed by atoms with Gasteiger partial charge >= 0.3 is 11.9 Å². The van der Waals surface area contributed by atoms with E-state index in [1.807, 2.05) is 21.1 Å². The van der Waals surface area contributed by atoms with Gasteiger partial charge in [0.2, 0.25) is 0 Å². The van der Waals surface area contributed by atoms with Gasteiger partial charge < -0.3 is 27.9 Å². The zero-order valence-electron chi connectivity index (χ0n) is 50.8. The lowest BCUT2D eigenvalue weighted by atomic mass is 10.0. The van der Waals surface area contributed by atoms with Crippen LogP contribution in [-0.4, -0.2) is 70.0 Å². The van der Waals surface area contributed by atoms with Gasteiger partial charge in [-0.25, -0.2) is 0 Å². The first kappa shape index (κ1) is 74.7. The largest absolute Gasteiger partial charge is 0.756 e. The summed E-state index contributed by atoms with van der Waals surface area (Å²) in [6.45, 7) is 4.00. The Labute approximate surface area is 480 Å². The second kappa shape index (κ2) is 58.3. The maximum absolute atomic E-state index is 12.8. The predicted octanol–water partition coefficient (Wildman–Crippen LogP) is 19.5. The monoisotopic (exact) mass is 1110 g/mol. The van der Waals surface area contributed by atoms with Gasteiger partial charge in [-0.2, -0.15) is 0 Å². The van der Waals surface area contributed by atoms with Gasteiger partial charge in [0.15, 0.2) is 6.10 Å². The molecule has 0 aromatic heterocycles. The molecule has 9 nitrogen and oxygen atoms in total. The van der Waals surface area contributed by atoms with Crippen molar-refractivity contribution < 1.29 is 42.1 Å². The average Bonchev–Trinajstić information content (AvgIpc) is 3.41. The number of hydrogen-bond donors (Lipinski definition) is 0. The Kier molecular flexibility index (Phi) is 55.8. The van der Waals surface area contributed by atoms with Crippen LogP contribution in [-0.2, 0) is 32.7 Å². The molecule has 0 rings (SSSR count). The van der Waals surface area contributed by atoms with Crippen molar-refractivity contribution in [3.63, 3.8) is 0 Å². The zero-order chi connectivity index (χ0) is 57.0. The Hall–Kier alpha value is -3.33. The summed E-state index contributed by atoms with van der Waals surface area (Å²) in [5.74, 6) is -0.851. The number of phosphoric acid groups is 1. The van der Waals surface area contributed by atoms with Crippen LogP contribution in [0, 0.1) is 0 Å². The van der Waals surface area contributed by atoms with Crippen molar-refractivity contribution in [2.45, 2.75) is 264 Å². The number of esters is 2. The second-order valence-corrected chi connectivity index (χ2v) is 23.4. The highest BCUT2D eigenvalue weighted by Gasteiger charge is 2.22. The van der Waals surface area contributed by atoms with Gasteiger partial charge in [0, 0.05) is 12.8 Å². The molecule has 0 aliphatic heterocycles. The van der Waals surface area contributed by atoms with Crippen LogP contribution in [0.3, 0.4) is 0 Å². The molecule has 0 fully saturated rings. The summed E-state index contributed by atoms with van der Waals surface area (Å²) in [5.41, 5.74) is 0. The highest BCUT2D eigenvalue weighted by Crippen LogP contribution is 2.38. The molecule has 0 heterocycles. The van der Waals surface area contributed by atoms with Gasteiger partial charge in [0.1, 0.15) is 19.8 Å². The molecule has 0 radical (unpaired) electrons. The van der Waals surface area contributed by atoms with Crippen molar-refractivity contribution in [2.75, 3.05) is 47.5 Å². The van der Waals surface area contributed by atoms with E-state index in [0.717, 1.165) is 109 Å². The smallest absolute Gasteiger partial charge is 0.306 e. The van der Waals surface area contributed by atoms with Crippen LogP contribution < -0.4 is 4.89 Å². The SMILES string of the molecule is CC/C=C\C/C=C\C/C=C\C/C=C\C/C=C\C/C=C\CCCCCCCCCCCCCCCCCCCCCCC(=O)OC(COC(=O)CCCCCCC/C=C\C/C=C\C/C=C\CC)COP(=O)([O-])OCC[N+](C)(C)C. The zero-order valence-corrected chi connectivity index (χ0v) is 51.7. The summed E-state index contributed by atoms with van der Waals surface area (Å²) in [5, 5.41) is 0. The molecule has 0 spiro atoms. The topological polar surface area (TPSA) is 111 Å². The van der Waals surface area contributed by atoms with Crippen LogP contribution in [0.2, 0.25) is 0 Å². The van der Waals surface area contributed by atoms with Crippen LogP contribution in [0.5, 0.6) is 0 Å². The number of carbonyl (C=O) groups excluding carboxylic acids is 2. The Morgan fingerprint density at radius 2 is 0.692 bits per heavy atom. The third kappa shape index (κ3) is 61.9. The first-order chi connectivity index (χ1) is 38.0. The van der Waals surface area contributed by atoms with E-state index in [4.69, 9.17) is 18.5 Å². The quantitative estimate of drug-likeness (QED) is 0.0195. The minimum Gasteiger partial charge on any atom is -0.756 e. The molecule has 0 bridgehead atoms. The molecule has 0 aliphatic carbocycles. The number of quaternary nitrogens is 1. The molecule has 78 heavy (non-hydrogen) atoms. The van der Waals surface area contributed by atoms with E-state index in [0.29, 0.717) is 23.9 Å². The Bertz CT molecular complexity index is 1680. The molecule has 0 saturated heterocycles. The lowest BCUT2D eigenvalue weighted by Gasteiger charge is -2.28. The minimum absolute atomic E-state index is 0.0367. The van der Waals surface area contributed by atoms with Crippen LogP contribution >= 0.6 is 7.82 Å². The summed E-state index contributed by atoms with van der Waals surface area (Å²) in [7, 11) is 1.15. The molecule has 448 valence electrons. The second-order valence-electron chi connectivity index (χ2n) is 22.0. The predicted molar refractivity (Wildman–Crippen MR) is 332 cm³/mol. The Morgan fingerprint density at radius 1 is 0.397 bits per heavy atom. The summed E-state index contributed by atoms with van der Waals surface area (Å²) in [4.78, 5) is 37.9. The van der Waals surface area contributed by atoms with Gasteiger partial charge in [0.05, 0.1) is 27.7 Å². The number of phosphoric ester groups is 1. The summed E-state index contributed by atoms with van der Waals surface area (Å²) < 4.78 is 34.1. The van der Waals surface area contributed by atoms with Gasteiger partial charge in [-0.1, -0.05) is 258 Å². The third-order valence-electron chi connectivity index (χ3n) is 13.3. The van der Waals surface area contributed by atoms with E-state index in [1.54, 1.807) is 0 Å². The molecule has 0 saturated carbocycles. The first-order valence-electron chi connectivity index (χ1n) is 31.6. The van der Waals surface area contributed by atoms with Crippen LogP contribution in [0.25, 0.3) is 0 Å². The standard InChI is InChI=1S/C68H118NO8P/c1-6-8-10-12-14-16-18-20-22-23-24-25-26-27-28-29-30-31-32-33-34-35-36-37-38-39-40-41-42-43-44-45-47-49-51-53-55-57-59-61-68(71)77-66(65-76-78(72,73)75-63-62-69(3,4)5)64-74-67(70)60-58-56-54-52-50-48-46-21-19-17-15-13-11-9-7-2/h8-11,14-17,20-22,24-25,27-28,30-31,46,66H,6-7,12-13,18-19,23,26,29,32-45,47-65H2,1-5H3/b10-8-,11-9-,16-14-,17-15-,22-20-,25-24-,28-27-,31-30-,46-21-. The molecule has 0 amide bonds. The number of nitrogens with zero attached hydrogens (tertiary/aromatic N) is 1. The van der Waals surface area contributed by atoms with Gasteiger partial charge in [-0.05, 0) is 96.3 Å². The number of carbonyl (C=O) groups is 2. The van der Waals surface area contributed by atoms with Crippen LogP contribution in [0.15, 0.2) is 109 Å². The lowest BCUT2D eigenvalue weighted by molar-refractivity contribution is -0.870. The van der Waals surface area contributed by atoms with Gasteiger partial charge in [0.25, 0.3) is 7.82 Å². The molecule has 0 aromatic carbocycles. The van der Waals surface area contributed by atoms with E-state index in [9.17, 15) is 19.0 Å². The molecule has 2 unspecified atom stereocenters. The van der Waals surface area contributed by atoms with Crippen LogP contribution in [0.4, 0.5) is 0 Å². The number of allylic oxidation sites excluding steroid dienone is 18. The van der Waals surface area contributed by atoms with E-state index in [2.05, 4.69) is 123 Å². The van der Waals surface area contributed by atoms with E-state index in [-0.39, 0.29) is 26.1 Å². The van der Waals surface area contributed by atoms with Gasteiger partial charge in [-0.15, -0.1) is 0 Å². The third-order valence-corrected chi connectivity index (χ3v) is 14.3. The maximum atomic E-state index is 12.8. The summed E-state index contributed by atoms with van der Waals surface area (Å²) >= 11 is 0. The van der Waals surface area contributed by atoms with E-state index in [1.165, 1.54) is 109 Å². The normalized spacial score (nSPS) is 14.0.